The highest BCUT2D eigenvalue weighted by atomic mass is 32.2. The van der Waals surface area contributed by atoms with E-state index in [1.807, 2.05) is 0 Å². The Hall–Kier alpha value is -2.43. The number of nitrogens with zero attached hydrogens (tertiary/aromatic N) is 2. The second-order valence-corrected chi connectivity index (χ2v) is 11.7. The Balaban J connectivity index is 2.04. The van der Waals surface area contributed by atoms with Gasteiger partial charge in [-0.2, -0.15) is 4.31 Å². The zero-order chi connectivity index (χ0) is 24.8. The van der Waals surface area contributed by atoms with Crippen molar-refractivity contribution in [2.75, 3.05) is 39.5 Å². The summed E-state index contributed by atoms with van der Waals surface area (Å²) in [6.45, 7) is 6.69. The molecule has 0 saturated carbocycles. The fourth-order valence-corrected chi connectivity index (χ4v) is 5.44. The SMILES string of the molecule is CCN(CC)S(=O)(=O)c1ccc(C)c(C(=O)N(C)CCCOc2cccc(S(C)(=O)=O)c2)c1. The van der Waals surface area contributed by atoms with Gasteiger partial charge in [0, 0.05) is 38.5 Å². The third-order valence-electron chi connectivity index (χ3n) is 5.27. The summed E-state index contributed by atoms with van der Waals surface area (Å²) < 4.78 is 56.0. The van der Waals surface area contributed by atoms with Crippen molar-refractivity contribution in [2.24, 2.45) is 0 Å². The van der Waals surface area contributed by atoms with Crippen LogP contribution in [-0.2, 0) is 19.9 Å². The van der Waals surface area contributed by atoms with Gasteiger partial charge in [-0.25, -0.2) is 16.8 Å². The minimum Gasteiger partial charge on any atom is -0.493 e. The molecule has 8 nitrogen and oxygen atoms in total. The van der Waals surface area contributed by atoms with Gasteiger partial charge in [-0.05, 0) is 49.2 Å². The number of benzene rings is 2. The van der Waals surface area contributed by atoms with E-state index in [0.717, 1.165) is 6.26 Å². The van der Waals surface area contributed by atoms with Crippen LogP contribution in [0.25, 0.3) is 0 Å². The van der Waals surface area contributed by atoms with Crippen molar-refractivity contribution in [3.8, 4) is 5.75 Å². The van der Waals surface area contributed by atoms with Gasteiger partial charge in [-0.3, -0.25) is 4.79 Å². The lowest BCUT2D eigenvalue weighted by Gasteiger charge is -2.21. The van der Waals surface area contributed by atoms with Crippen LogP contribution in [0.5, 0.6) is 5.75 Å². The molecule has 1 amide bonds. The summed E-state index contributed by atoms with van der Waals surface area (Å²) in [5.74, 6) is 0.167. The Bertz CT molecular complexity index is 1190. The van der Waals surface area contributed by atoms with Gasteiger partial charge in [0.05, 0.1) is 16.4 Å². The molecule has 0 N–H and O–H groups in total. The van der Waals surface area contributed by atoms with Gasteiger partial charge < -0.3 is 9.64 Å². The molecule has 0 aliphatic rings. The fraction of sp³-hybridized carbons (Fsp3) is 0.435. The van der Waals surface area contributed by atoms with Crippen molar-refractivity contribution < 1.29 is 26.4 Å². The van der Waals surface area contributed by atoms with Crippen molar-refractivity contribution in [1.29, 1.82) is 0 Å². The van der Waals surface area contributed by atoms with Crippen LogP contribution >= 0.6 is 0 Å². The lowest BCUT2D eigenvalue weighted by Crippen LogP contribution is -2.32. The van der Waals surface area contributed by atoms with E-state index >= 15 is 0 Å². The van der Waals surface area contributed by atoms with Crippen molar-refractivity contribution in [2.45, 2.75) is 37.0 Å². The third-order valence-corrected chi connectivity index (χ3v) is 8.43. The van der Waals surface area contributed by atoms with Crippen LogP contribution < -0.4 is 4.74 Å². The van der Waals surface area contributed by atoms with E-state index in [2.05, 4.69) is 0 Å². The quantitative estimate of drug-likeness (QED) is 0.443. The molecule has 0 spiro atoms. The average Bonchev–Trinajstić information content (AvgIpc) is 2.76. The van der Waals surface area contributed by atoms with Crippen LogP contribution in [0, 0.1) is 6.92 Å². The molecule has 0 fully saturated rings. The zero-order valence-electron chi connectivity index (χ0n) is 19.7. The summed E-state index contributed by atoms with van der Waals surface area (Å²) in [6.07, 6.45) is 1.65. The summed E-state index contributed by atoms with van der Waals surface area (Å²) in [5, 5.41) is 0. The van der Waals surface area contributed by atoms with Gasteiger partial charge in [0.1, 0.15) is 5.75 Å². The number of hydrogen-bond donors (Lipinski definition) is 0. The highest BCUT2D eigenvalue weighted by molar-refractivity contribution is 7.90. The first-order valence-corrected chi connectivity index (χ1v) is 14.0. The Morgan fingerprint density at radius 2 is 1.64 bits per heavy atom. The number of sulfone groups is 1. The summed E-state index contributed by atoms with van der Waals surface area (Å²) in [4.78, 5) is 14.8. The molecular formula is C23H32N2O6S2. The summed E-state index contributed by atoms with van der Waals surface area (Å²) in [7, 11) is -5.33. The Kier molecular flexibility index (Phi) is 9.04. The standard InChI is InChI=1S/C23H32N2O6S2/c1-6-25(7-2)33(29,30)21-13-12-18(3)22(17-21)23(26)24(4)14-9-15-31-19-10-8-11-20(16-19)32(5,27)28/h8,10-13,16-17H,6-7,9,14-15H2,1-5H3. The maximum Gasteiger partial charge on any atom is 0.253 e. The minimum absolute atomic E-state index is 0.0997. The Labute approximate surface area is 197 Å². The zero-order valence-corrected chi connectivity index (χ0v) is 21.4. The number of ether oxygens (including phenoxy) is 1. The van der Waals surface area contributed by atoms with Crippen LogP contribution in [0.4, 0.5) is 0 Å². The third kappa shape index (κ3) is 6.78. The predicted octanol–water partition coefficient (Wildman–Crippen LogP) is 2.97. The van der Waals surface area contributed by atoms with E-state index in [1.165, 1.54) is 33.5 Å². The highest BCUT2D eigenvalue weighted by Gasteiger charge is 2.24. The smallest absolute Gasteiger partial charge is 0.253 e. The van der Waals surface area contributed by atoms with Crippen molar-refractivity contribution >= 4 is 25.8 Å². The number of hydrogen-bond acceptors (Lipinski definition) is 6. The summed E-state index contributed by atoms with van der Waals surface area (Å²) in [6, 6.07) is 10.9. The van der Waals surface area contributed by atoms with Gasteiger partial charge in [-0.15, -0.1) is 0 Å². The van der Waals surface area contributed by atoms with E-state index in [9.17, 15) is 21.6 Å². The number of aryl methyl sites for hydroxylation is 1. The minimum atomic E-state index is -3.67. The normalized spacial score (nSPS) is 12.1. The average molecular weight is 497 g/mol. The maximum absolute atomic E-state index is 13.0. The molecule has 0 aromatic heterocycles. The van der Waals surface area contributed by atoms with Crippen LogP contribution in [-0.4, -0.2) is 71.5 Å². The molecule has 0 aliphatic carbocycles. The lowest BCUT2D eigenvalue weighted by atomic mass is 10.1. The van der Waals surface area contributed by atoms with Gasteiger partial charge in [-0.1, -0.05) is 26.0 Å². The summed E-state index contributed by atoms with van der Waals surface area (Å²) in [5.41, 5.74) is 1.03. The molecule has 0 radical (unpaired) electrons. The molecule has 2 rings (SSSR count). The molecule has 2 aromatic rings. The molecular weight excluding hydrogens is 464 g/mol. The first kappa shape index (κ1) is 26.8. The number of rotatable bonds is 11. The molecule has 182 valence electrons. The Morgan fingerprint density at radius 1 is 0.970 bits per heavy atom. The van der Waals surface area contributed by atoms with Gasteiger partial charge >= 0.3 is 0 Å². The van der Waals surface area contributed by atoms with Crippen LogP contribution in [0.15, 0.2) is 52.3 Å². The number of sulfonamides is 1. The van der Waals surface area contributed by atoms with Gasteiger partial charge in [0.15, 0.2) is 9.84 Å². The van der Waals surface area contributed by atoms with Crippen molar-refractivity contribution in [3.63, 3.8) is 0 Å². The second-order valence-electron chi connectivity index (χ2n) is 7.74. The number of amides is 1. The highest BCUT2D eigenvalue weighted by Crippen LogP contribution is 2.21. The van der Waals surface area contributed by atoms with Gasteiger partial charge in [0.2, 0.25) is 10.0 Å². The topological polar surface area (TPSA) is 101 Å². The first-order valence-electron chi connectivity index (χ1n) is 10.7. The van der Waals surface area contributed by atoms with Crippen LogP contribution in [0.2, 0.25) is 0 Å². The van der Waals surface area contributed by atoms with Gasteiger partial charge in [0.25, 0.3) is 5.91 Å². The molecule has 0 saturated heterocycles. The number of carbonyl (C=O) groups excluding carboxylic acids is 1. The van der Waals surface area contributed by atoms with E-state index in [4.69, 9.17) is 4.74 Å². The van der Waals surface area contributed by atoms with E-state index in [0.29, 0.717) is 49.5 Å². The van der Waals surface area contributed by atoms with Crippen LogP contribution in [0.1, 0.15) is 36.2 Å². The van der Waals surface area contributed by atoms with E-state index in [1.54, 1.807) is 46.0 Å². The molecule has 33 heavy (non-hydrogen) atoms. The van der Waals surface area contributed by atoms with E-state index in [-0.39, 0.29) is 15.7 Å². The molecule has 10 heteroatoms. The summed E-state index contributed by atoms with van der Waals surface area (Å²) >= 11 is 0. The molecule has 2 aromatic carbocycles. The monoisotopic (exact) mass is 496 g/mol. The fourth-order valence-electron chi connectivity index (χ4n) is 3.30. The van der Waals surface area contributed by atoms with Crippen molar-refractivity contribution in [1.82, 2.24) is 9.21 Å². The largest absolute Gasteiger partial charge is 0.493 e. The Morgan fingerprint density at radius 3 is 2.24 bits per heavy atom. The maximum atomic E-state index is 13.0. The molecule has 0 aliphatic heterocycles. The molecule has 0 unspecified atom stereocenters. The first-order chi connectivity index (χ1) is 15.4. The molecule has 0 atom stereocenters. The number of carbonyl (C=O) groups is 1. The van der Waals surface area contributed by atoms with Crippen LogP contribution in [0.3, 0.4) is 0 Å². The second kappa shape index (κ2) is 11.1. The lowest BCUT2D eigenvalue weighted by molar-refractivity contribution is 0.0787. The van der Waals surface area contributed by atoms with Crippen molar-refractivity contribution in [3.05, 3.63) is 53.6 Å². The molecule has 0 bridgehead atoms. The van der Waals surface area contributed by atoms with E-state index < -0.39 is 19.9 Å². The predicted molar refractivity (Wildman–Crippen MR) is 128 cm³/mol. The molecule has 0 heterocycles.